The molecule has 0 saturated heterocycles. The molecule has 0 N–H and O–H groups in total. The Morgan fingerprint density at radius 1 is 0.857 bits per heavy atom. The van der Waals surface area contributed by atoms with E-state index >= 15 is 0 Å². The Bertz CT molecular complexity index is 975. The lowest BCUT2D eigenvalue weighted by molar-refractivity contribution is -0.137. The zero-order valence-electron chi connectivity index (χ0n) is 15.1. The largest absolute Gasteiger partial charge is 0.416 e. The Morgan fingerprint density at radius 3 is 2.14 bits per heavy atom. The standard InChI is InChI=1S/C23H18F3NS/c1-17-7-5-6-10-21(17)22(27-19-8-3-2-4-9-19)15-16-28-20-13-11-18(12-14-20)23(24,25)26/h2-16H,1H3. The van der Waals surface area contributed by atoms with Gasteiger partial charge in [-0.1, -0.05) is 54.2 Å². The van der Waals surface area contributed by atoms with Gasteiger partial charge in [0.05, 0.1) is 17.0 Å². The third-order valence-electron chi connectivity index (χ3n) is 4.04. The topological polar surface area (TPSA) is 12.4 Å². The summed E-state index contributed by atoms with van der Waals surface area (Å²) >= 11 is 1.35. The number of allylic oxidation sites excluding steroid dienone is 1. The first-order chi connectivity index (χ1) is 13.4. The molecule has 0 atom stereocenters. The highest BCUT2D eigenvalue weighted by atomic mass is 32.2. The van der Waals surface area contributed by atoms with Gasteiger partial charge in [-0.25, -0.2) is 4.99 Å². The molecule has 3 rings (SSSR count). The normalized spacial score (nSPS) is 12.5. The highest BCUT2D eigenvalue weighted by Crippen LogP contribution is 2.31. The lowest BCUT2D eigenvalue weighted by atomic mass is 10.0. The van der Waals surface area contributed by atoms with Crippen molar-refractivity contribution < 1.29 is 13.2 Å². The number of hydrogen-bond acceptors (Lipinski definition) is 2. The van der Waals surface area contributed by atoms with Crippen LogP contribution >= 0.6 is 11.8 Å². The van der Waals surface area contributed by atoms with Crippen LogP contribution in [0.5, 0.6) is 0 Å². The number of thioether (sulfide) groups is 1. The van der Waals surface area contributed by atoms with Gasteiger partial charge in [0, 0.05) is 10.5 Å². The number of benzene rings is 3. The summed E-state index contributed by atoms with van der Waals surface area (Å²) in [5.74, 6) is 0. The first-order valence-corrected chi connectivity index (χ1v) is 9.52. The van der Waals surface area contributed by atoms with E-state index < -0.39 is 11.7 Å². The van der Waals surface area contributed by atoms with Crippen molar-refractivity contribution in [2.75, 3.05) is 0 Å². The van der Waals surface area contributed by atoms with Gasteiger partial charge in [0.15, 0.2) is 0 Å². The maximum absolute atomic E-state index is 12.7. The molecule has 0 heterocycles. The van der Waals surface area contributed by atoms with Crippen molar-refractivity contribution in [3.05, 3.63) is 107 Å². The van der Waals surface area contributed by atoms with Crippen molar-refractivity contribution in [3.8, 4) is 0 Å². The van der Waals surface area contributed by atoms with Gasteiger partial charge in [0.2, 0.25) is 0 Å². The SMILES string of the molecule is Cc1ccccc1C(C=CSc1ccc(C(F)(F)F)cc1)=Nc1ccccc1. The number of halogens is 3. The van der Waals surface area contributed by atoms with Crippen molar-refractivity contribution in [1.82, 2.24) is 0 Å². The van der Waals surface area contributed by atoms with Gasteiger partial charge in [-0.2, -0.15) is 13.2 Å². The first-order valence-electron chi connectivity index (χ1n) is 8.64. The fourth-order valence-corrected chi connectivity index (χ4v) is 3.24. The summed E-state index contributed by atoms with van der Waals surface area (Å²) in [6.45, 7) is 2.02. The summed E-state index contributed by atoms with van der Waals surface area (Å²) in [4.78, 5) is 5.46. The van der Waals surface area contributed by atoms with Crippen LogP contribution in [-0.4, -0.2) is 5.71 Å². The van der Waals surface area contributed by atoms with Crippen molar-refractivity contribution in [3.63, 3.8) is 0 Å². The van der Waals surface area contributed by atoms with Crippen molar-refractivity contribution in [1.29, 1.82) is 0 Å². The molecule has 3 aromatic rings. The fourth-order valence-electron chi connectivity index (χ4n) is 2.59. The summed E-state index contributed by atoms with van der Waals surface area (Å²) in [5, 5.41) is 1.84. The zero-order chi connectivity index (χ0) is 20.0. The number of para-hydroxylation sites is 1. The van der Waals surface area contributed by atoms with Crippen LogP contribution in [0.3, 0.4) is 0 Å². The molecule has 0 bridgehead atoms. The van der Waals surface area contributed by atoms with Crippen molar-refractivity contribution >= 4 is 23.2 Å². The molecule has 5 heteroatoms. The molecule has 3 aromatic carbocycles. The molecule has 0 spiro atoms. The van der Waals surface area contributed by atoms with Crippen LogP contribution in [0.25, 0.3) is 0 Å². The Hall–Kier alpha value is -2.79. The number of hydrogen-bond donors (Lipinski definition) is 0. The second-order valence-electron chi connectivity index (χ2n) is 6.09. The molecule has 0 aromatic heterocycles. The van der Waals surface area contributed by atoms with Gasteiger partial charge >= 0.3 is 6.18 Å². The van der Waals surface area contributed by atoms with E-state index in [0.29, 0.717) is 0 Å². The first kappa shape index (κ1) is 20.0. The molecule has 0 saturated carbocycles. The molecule has 0 aliphatic carbocycles. The van der Waals surface area contributed by atoms with Crippen LogP contribution in [0, 0.1) is 6.92 Å². The highest BCUT2D eigenvalue weighted by molar-refractivity contribution is 8.02. The monoisotopic (exact) mass is 397 g/mol. The minimum Gasteiger partial charge on any atom is -0.248 e. The van der Waals surface area contributed by atoms with Crippen LogP contribution in [-0.2, 0) is 6.18 Å². The van der Waals surface area contributed by atoms with Crippen LogP contribution in [0.15, 0.2) is 100 Å². The number of aliphatic imine (C=N–C) groups is 1. The number of aryl methyl sites for hydroxylation is 1. The smallest absolute Gasteiger partial charge is 0.248 e. The molecule has 0 unspecified atom stereocenters. The molecule has 0 aliphatic rings. The average molecular weight is 397 g/mol. The van der Waals surface area contributed by atoms with Crippen LogP contribution < -0.4 is 0 Å². The Labute approximate surface area is 166 Å². The maximum atomic E-state index is 12.7. The van der Waals surface area contributed by atoms with Gasteiger partial charge < -0.3 is 0 Å². The minimum absolute atomic E-state index is 0.646. The molecule has 0 aliphatic heterocycles. The summed E-state index contributed by atoms with van der Waals surface area (Å²) in [6, 6.07) is 22.7. The molecule has 0 fully saturated rings. The second-order valence-corrected chi connectivity index (χ2v) is 7.07. The molecule has 0 radical (unpaired) electrons. The van der Waals surface area contributed by atoms with E-state index in [1.807, 2.05) is 73.0 Å². The lowest BCUT2D eigenvalue weighted by Crippen LogP contribution is -2.03. The van der Waals surface area contributed by atoms with Gasteiger partial charge in [0.25, 0.3) is 0 Å². The predicted molar refractivity (Wildman–Crippen MR) is 110 cm³/mol. The molecule has 0 amide bonds. The van der Waals surface area contributed by atoms with Crippen LogP contribution in [0.4, 0.5) is 18.9 Å². The van der Waals surface area contributed by atoms with Gasteiger partial charge in [0.1, 0.15) is 0 Å². The summed E-state index contributed by atoms with van der Waals surface area (Å²) < 4.78 is 38.0. The number of rotatable bonds is 5. The van der Waals surface area contributed by atoms with Gasteiger partial charge in [-0.15, -0.1) is 0 Å². The maximum Gasteiger partial charge on any atom is 0.416 e. The van der Waals surface area contributed by atoms with Crippen molar-refractivity contribution in [2.45, 2.75) is 18.0 Å². The third kappa shape index (κ3) is 5.36. The molecule has 1 nitrogen and oxygen atoms in total. The predicted octanol–water partition coefficient (Wildman–Crippen LogP) is 7.44. The van der Waals surface area contributed by atoms with E-state index in [-0.39, 0.29) is 0 Å². The Morgan fingerprint density at radius 2 is 1.50 bits per heavy atom. The van der Waals surface area contributed by atoms with Crippen LogP contribution in [0.1, 0.15) is 16.7 Å². The van der Waals surface area contributed by atoms with E-state index in [1.54, 1.807) is 0 Å². The average Bonchev–Trinajstić information content (AvgIpc) is 2.68. The molecule has 142 valence electrons. The zero-order valence-corrected chi connectivity index (χ0v) is 16.0. The van der Waals surface area contributed by atoms with Crippen molar-refractivity contribution in [2.24, 2.45) is 4.99 Å². The highest BCUT2D eigenvalue weighted by Gasteiger charge is 2.29. The molecular formula is C23H18F3NS. The van der Waals surface area contributed by atoms with Gasteiger partial charge in [-0.05, 0) is 60.4 Å². The Balaban J connectivity index is 1.84. The third-order valence-corrected chi connectivity index (χ3v) is 4.85. The van der Waals surface area contributed by atoms with E-state index in [0.717, 1.165) is 39.6 Å². The molecular weight excluding hydrogens is 379 g/mol. The van der Waals surface area contributed by atoms with Gasteiger partial charge in [-0.3, -0.25) is 0 Å². The minimum atomic E-state index is -4.32. The van der Waals surface area contributed by atoms with E-state index in [1.165, 1.54) is 23.9 Å². The summed E-state index contributed by atoms with van der Waals surface area (Å²) in [7, 11) is 0. The van der Waals surface area contributed by atoms with E-state index in [2.05, 4.69) is 0 Å². The van der Waals surface area contributed by atoms with E-state index in [9.17, 15) is 13.2 Å². The summed E-state index contributed by atoms with van der Waals surface area (Å²) in [6.07, 6.45) is -2.43. The quantitative estimate of drug-likeness (QED) is 0.322. The van der Waals surface area contributed by atoms with Crippen LogP contribution in [0.2, 0.25) is 0 Å². The number of alkyl halides is 3. The second kappa shape index (κ2) is 8.93. The number of nitrogens with zero attached hydrogens (tertiary/aromatic N) is 1. The lowest BCUT2D eigenvalue weighted by Gasteiger charge is -2.07. The Kier molecular flexibility index (Phi) is 6.37. The van der Waals surface area contributed by atoms with E-state index in [4.69, 9.17) is 4.99 Å². The summed E-state index contributed by atoms with van der Waals surface area (Å²) in [5.41, 5.74) is 3.10. The fraction of sp³-hybridized carbons (Fsp3) is 0.0870. The molecule has 28 heavy (non-hydrogen) atoms.